The van der Waals surface area contributed by atoms with Crippen LogP contribution in [0.1, 0.15) is 6.42 Å². The monoisotopic (exact) mass is 171 g/mol. The second-order valence-electron chi connectivity index (χ2n) is 3.59. The smallest absolute Gasteiger partial charge is 0.317 e. The number of hydrogen-bond acceptors (Lipinski definition) is 2. The fourth-order valence-electron chi connectivity index (χ4n) is 1.36. The molecule has 12 heavy (non-hydrogen) atoms. The number of rotatable bonds is 1. The van der Waals surface area contributed by atoms with Gasteiger partial charge in [-0.05, 0) is 20.0 Å². The molecular formula is C8H17N3O. The van der Waals surface area contributed by atoms with Crippen LogP contribution in [0.5, 0.6) is 0 Å². The van der Waals surface area contributed by atoms with Crippen molar-refractivity contribution in [3.8, 4) is 0 Å². The van der Waals surface area contributed by atoms with Crippen molar-refractivity contribution < 1.29 is 4.79 Å². The average Bonchev–Trinajstić information content (AvgIpc) is 2.35. The van der Waals surface area contributed by atoms with Gasteiger partial charge in [-0.15, -0.1) is 0 Å². The van der Waals surface area contributed by atoms with Crippen molar-refractivity contribution in [3.63, 3.8) is 0 Å². The molecular weight excluding hydrogens is 154 g/mol. The Morgan fingerprint density at radius 3 is 2.67 bits per heavy atom. The SMILES string of the molecule is CN1CCC(NC(=O)N(C)C)C1. The summed E-state index contributed by atoms with van der Waals surface area (Å²) >= 11 is 0. The summed E-state index contributed by atoms with van der Waals surface area (Å²) < 4.78 is 0. The minimum absolute atomic E-state index is 0.00954. The molecule has 2 amide bonds. The van der Waals surface area contributed by atoms with E-state index in [1.165, 1.54) is 0 Å². The number of urea groups is 1. The number of carbonyl (C=O) groups is 1. The highest BCUT2D eigenvalue weighted by atomic mass is 16.2. The number of carbonyl (C=O) groups excluding carboxylic acids is 1. The number of amides is 2. The van der Waals surface area contributed by atoms with Gasteiger partial charge in [-0.1, -0.05) is 0 Å². The molecule has 1 atom stereocenters. The summed E-state index contributed by atoms with van der Waals surface area (Å²) in [6, 6.07) is 0.347. The molecule has 0 bridgehead atoms. The van der Waals surface area contributed by atoms with E-state index in [1.54, 1.807) is 19.0 Å². The van der Waals surface area contributed by atoms with E-state index in [1.807, 2.05) is 0 Å². The lowest BCUT2D eigenvalue weighted by atomic mass is 10.3. The molecule has 0 aliphatic carbocycles. The third-order valence-electron chi connectivity index (χ3n) is 2.13. The van der Waals surface area contributed by atoms with E-state index < -0.39 is 0 Å². The van der Waals surface area contributed by atoms with Crippen LogP contribution < -0.4 is 5.32 Å². The van der Waals surface area contributed by atoms with Gasteiger partial charge in [0.2, 0.25) is 0 Å². The number of nitrogens with zero attached hydrogens (tertiary/aromatic N) is 2. The van der Waals surface area contributed by atoms with Crippen molar-refractivity contribution in [1.29, 1.82) is 0 Å². The lowest BCUT2D eigenvalue weighted by Crippen LogP contribution is -2.42. The lowest BCUT2D eigenvalue weighted by Gasteiger charge is -2.16. The topological polar surface area (TPSA) is 35.6 Å². The van der Waals surface area contributed by atoms with Crippen molar-refractivity contribution in [1.82, 2.24) is 15.1 Å². The highest BCUT2D eigenvalue weighted by Crippen LogP contribution is 2.05. The first-order valence-electron chi connectivity index (χ1n) is 4.26. The summed E-state index contributed by atoms with van der Waals surface area (Å²) in [5.41, 5.74) is 0. The Kier molecular flexibility index (Phi) is 2.92. The Morgan fingerprint density at radius 1 is 1.58 bits per heavy atom. The normalized spacial score (nSPS) is 24.1. The Bertz CT molecular complexity index is 170. The molecule has 1 aliphatic rings. The second-order valence-corrected chi connectivity index (χ2v) is 3.59. The van der Waals surface area contributed by atoms with Crippen LogP contribution in [-0.2, 0) is 0 Å². The van der Waals surface area contributed by atoms with Crippen LogP contribution in [0.15, 0.2) is 0 Å². The standard InChI is InChI=1S/C8H17N3O/c1-10(2)8(12)9-7-4-5-11(3)6-7/h7H,4-6H2,1-3H3,(H,9,12). The van der Waals surface area contributed by atoms with E-state index in [0.717, 1.165) is 19.5 Å². The minimum atomic E-state index is 0.00954. The van der Waals surface area contributed by atoms with Gasteiger partial charge < -0.3 is 15.1 Å². The Hall–Kier alpha value is -0.770. The first kappa shape index (κ1) is 9.32. The predicted octanol–water partition coefficient (Wildman–Crippen LogP) is -0.0383. The summed E-state index contributed by atoms with van der Waals surface area (Å²) in [4.78, 5) is 15.0. The molecule has 0 saturated carbocycles. The van der Waals surface area contributed by atoms with Gasteiger partial charge in [-0.3, -0.25) is 0 Å². The molecule has 0 aromatic carbocycles. The zero-order chi connectivity index (χ0) is 9.14. The zero-order valence-corrected chi connectivity index (χ0v) is 8.00. The van der Waals surface area contributed by atoms with Crippen LogP contribution in [0.3, 0.4) is 0 Å². The van der Waals surface area contributed by atoms with Gasteiger partial charge in [0, 0.05) is 26.7 Å². The summed E-state index contributed by atoms with van der Waals surface area (Å²) in [5, 5.41) is 2.95. The van der Waals surface area contributed by atoms with Gasteiger partial charge in [0.15, 0.2) is 0 Å². The lowest BCUT2D eigenvalue weighted by molar-refractivity contribution is 0.213. The first-order valence-corrected chi connectivity index (χ1v) is 4.26. The molecule has 1 fully saturated rings. The predicted molar refractivity (Wildman–Crippen MR) is 48.1 cm³/mol. The van der Waals surface area contributed by atoms with Crippen molar-refractivity contribution in [2.24, 2.45) is 0 Å². The fraction of sp³-hybridized carbons (Fsp3) is 0.875. The number of likely N-dealkylation sites (tertiary alicyclic amines) is 1. The van der Waals surface area contributed by atoms with Crippen molar-refractivity contribution in [2.75, 3.05) is 34.2 Å². The first-order chi connectivity index (χ1) is 5.59. The maximum absolute atomic E-state index is 11.2. The number of hydrogen-bond donors (Lipinski definition) is 1. The number of likely N-dealkylation sites (N-methyl/N-ethyl adjacent to an activating group) is 1. The second kappa shape index (κ2) is 3.76. The highest BCUT2D eigenvalue weighted by Gasteiger charge is 2.21. The quantitative estimate of drug-likeness (QED) is 0.601. The van der Waals surface area contributed by atoms with Crippen molar-refractivity contribution in [3.05, 3.63) is 0 Å². The maximum Gasteiger partial charge on any atom is 0.317 e. The maximum atomic E-state index is 11.2. The molecule has 1 rings (SSSR count). The molecule has 1 saturated heterocycles. The summed E-state index contributed by atoms with van der Waals surface area (Å²) in [5.74, 6) is 0. The van der Waals surface area contributed by atoms with E-state index >= 15 is 0 Å². The van der Waals surface area contributed by atoms with Crippen LogP contribution in [0, 0.1) is 0 Å². The molecule has 0 aromatic heterocycles. The summed E-state index contributed by atoms with van der Waals surface area (Å²) in [6.45, 7) is 2.05. The molecule has 0 radical (unpaired) electrons. The number of nitrogens with one attached hydrogen (secondary N) is 1. The molecule has 70 valence electrons. The third kappa shape index (κ3) is 2.37. The third-order valence-corrected chi connectivity index (χ3v) is 2.13. The Labute approximate surface area is 73.5 Å². The molecule has 1 N–H and O–H groups in total. The van der Waals surface area contributed by atoms with Crippen molar-refractivity contribution in [2.45, 2.75) is 12.5 Å². The highest BCUT2D eigenvalue weighted by molar-refractivity contribution is 5.73. The van der Waals surface area contributed by atoms with E-state index in [0.29, 0.717) is 6.04 Å². The van der Waals surface area contributed by atoms with Crippen LogP contribution >= 0.6 is 0 Å². The fourth-order valence-corrected chi connectivity index (χ4v) is 1.36. The Balaban J connectivity index is 2.28. The van der Waals surface area contributed by atoms with E-state index in [9.17, 15) is 4.79 Å². The minimum Gasteiger partial charge on any atom is -0.334 e. The molecule has 1 aliphatic heterocycles. The zero-order valence-electron chi connectivity index (χ0n) is 8.00. The Morgan fingerprint density at radius 2 is 2.25 bits per heavy atom. The summed E-state index contributed by atoms with van der Waals surface area (Å²) in [7, 11) is 5.59. The van der Waals surface area contributed by atoms with Gasteiger partial charge in [-0.25, -0.2) is 4.79 Å². The van der Waals surface area contributed by atoms with Gasteiger partial charge in [-0.2, -0.15) is 0 Å². The van der Waals surface area contributed by atoms with Crippen LogP contribution in [0.2, 0.25) is 0 Å². The van der Waals surface area contributed by atoms with E-state index in [4.69, 9.17) is 0 Å². The van der Waals surface area contributed by atoms with Crippen LogP contribution in [-0.4, -0.2) is 56.1 Å². The van der Waals surface area contributed by atoms with Gasteiger partial charge in [0.1, 0.15) is 0 Å². The van der Waals surface area contributed by atoms with Crippen molar-refractivity contribution >= 4 is 6.03 Å². The van der Waals surface area contributed by atoms with Gasteiger partial charge in [0.05, 0.1) is 0 Å². The molecule has 0 spiro atoms. The van der Waals surface area contributed by atoms with E-state index in [2.05, 4.69) is 17.3 Å². The summed E-state index contributed by atoms with van der Waals surface area (Å²) in [6.07, 6.45) is 1.07. The molecule has 4 heteroatoms. The van der Waals surface area contributed by atoms with Gasteiger partial charge >= 0.3 is 6.03 Å². The van der Waals surface area contributed by atoms with Crippen LogP contribution in [0.4, 0.5) is 4.79 Å². The van der Waals surface area contributed by atoms with Gasteiger partial charge in [0.25, 0.3) is 0 Å². The van der Waals surface area contributed by atoms with E-state index in [-0.39, 0.29) is 6.03 Å². The molecule has 4 nitrogen and oxygen atoms in total. The molecule has 1 heterocycles. The average molecular weight is 171 g/mol. The molecule has 1 unspecified atom stereocenters. The molecule has 0 aromatic rings. The largest absolute Gasteiger partial charge is 0.334 e. The van der Waals surface area contributed by atoms with Crippen LogP contribution in [0.25, 0.3) is 0 Å².